The number of nitrogens with one attached hydrogen (secondary N) is 2. The molecule has 0 unspecified atom stereocenters. The lowest BCUT2D eigenvalue weighted by Gasteiger charge is -2.00. The predicted octanol–water partition coefficient (Wildman–Crippen LogP) is 3.31. The maximum atomic E-state index is 9.82. The average molecular weight is 339 g/mol. The molecule has 4 aromatic rings. The number of aromatic amines is 1. The second-order valence-corrected chi connectivity index (χ2v) is 5.46. The highest BCUT2D eigenvalue weighted by Crippen LogP contribution is 2.25. The monoisotopic (exact) mass is 338 g/mol. The first-order valence-electron chi connectivity index (χ1n) is 7.10. The number of rotatable bonds is 3. The Hall–Kier alpha value is -3.19. The van der Waals surface area contributed by atoms with Crippen LogP contribution >= 0.6 is 11.6 Å². The molecule has 4 rings (SSSR count). The van der Waals surface area contributed by atoms with Crippen molar-refractivity contribution in [1.29, 1.82) is 0 Å². The number of aromatic nitrogens is 4. The molecule has 0 fully saturated rings. The lowest BCUT2D eigenvalue weighted by Crippen LogP contribution is -1.99. The lowest BCUT2D eigenvalue weighted by molar-refractivity contribution is 0.475. The van der Waals surface area contributed by atoms with Crippen LogP contribution in [0.2, 0.25) is 5.02 Å². The number of halogens is 1. The topological polar surface area (TPSA) is 99.1 Å². The van der Waals surface area contributed by atoms with Gasteiger partial charge in [0.1, 0.15) is 11.3 Å². The van der Waals surface area contributed by atoms with Crippen LogP contribution in [0.5, 0.6) is 5.75 Å². The van der Waals surface area contributed by atoms with E-state index in [1.165, 1.54) is 6.21 Å². The summed E-state index contributed by atoms with van der Waals surface area (Å²) in [4.78, 5) is 7.52. The van der Waals surface area contributed by atoms with Gasteiger partial charge in [-0.05, 0) is 18.2 Å². The molecule has 0 atom stereocenters. The Bertz CT molecular complexity index is 1070. The zero-order chi connectivity index (χ0) is 16.5. The van der Waals surface area contributed by atoms with Gasteiger partial charge in [-0.2, -0.15) is 10.1 Å². The molecule has 2 aromatic heterocycles. The fourth-order valence-electron chi connectivity index (χ4n) is 2.36. The van der Waals surface area contributed by atoms with Crippen LogP contribution in [0.1, 0.15) is 5.56 Å². The largest absolute Gasteiger partial charge is 0.506 e. The molecular weight excluding hydrogens is 328 g/mol. The lowest BCUT2D eigenvalue weighted by atomic mass is 10.2. The van der Waals surface area contributed by atoms with E-state index in [4.69, 9.17) is 11.6 Å². The van der Waals surface area contributed by atoms with Gasteiger partial charge in [-0.3, -0.25) is 0 Å². The molecule has 0 saturated carbocycles. The summed E-state index contributed by atoms with van der Waals surface area (Å²) in [5.74, 6) is 0.210. The number of phenols is 1. The smallest absolute Gasteiger partial charge is 0.265 e. The van der Waals surface area contributed by atoms with Gasteiger partial charge in [0, 0.05) is 16.5 Å². The van der Waals surface area contributed by atoms with E-state index in [-0.39, 0.29) is 16.7 Å². The summed E-state index contributed by atoms with van der Waals surface area (Å²) in [6, 6.07) is 12.8. The summed E-state index contributed by atoms with van der Waals surface area (Å²) in [7, 11) is 0. The van der Waals surface area contributed by atoms with Crippen LogP contribution in [-0.2, 0) is 0 Å². The van der Waals surface area contributed by atoms with Gasteiger partial charge in [-0.1, -0.05) is 35.9 Å². The van der Waals surface area contributed by atoms with Gasteiger partial charge >= 0.3 is 0 Å². The molecule has 0 aliphatic heterocycles. The Morgan fingerprint density at radius 1 is 1.12 bits per heavy atom. The molecule has 8 heteroatoms. The van der Waals surface area contributed by atoms with Crippen molar-refractivity contribution in [1.82, 2.24) is 20.2 Å². The second-order valence-electron chi connectivity index (χ2n) is 5.05. The summed E-state index contributed by atoms with van der Waals surface area (Å²) in [6.45, 7) is 0. The number of anilines is 1. The maximum Gasteiger partial charge on any atom is 0.265 e. The zero-order valence-electron chi connectivity index (χ0n) is 12.2. The van der Waals surface area contributed by atoms with Crippen molar-refractivity contribution in [2.45, 2.75) is 0 Å². The zero-order valence-corrected chi connectivity index (χ0v) is 13.0. The SMILES string of the molecule is Oc1c(Cl)cccc1/C=N/Nc1nnc2c(n1)[nH]c1ccccc12. The minimum Gasteiger partial charge on any atom is -0.506 e. The molecule has 0 spiro atoms. The van der Waals surface area contributed by atoms with E-state index < -0.39 is 0 Å². The normalized spacial score (nSPS) is 11.5. The first-order valence-corrected chi connectivity index (χ1v) is 7.48. The fraction of sp³-hybridized carbons (Fsp3) is 0. The summed E-state index contributed by atoms with van der Waals surface area (Å²) in [5, 5.41) is 23.2. The first kappa shape index (κ1) is 14.4. The van der Waals surface area contributed by atoms with Gasteiger partial charge in [0.15, 0.2) is 5.65 Å². The third-order valence-electron chi connectivity index (χ3n) is 3.51. The van der Waals surface area contributed by atoms with Crippen LogP contribution in [-0.4, -0.2) is 31.5 Å². The number of hydrazone groups is 1. The van der Waals surface area contributed by atoms with Crippen LogP contribution in [0.25, 0.3) is 22.1 Å². The number of hydrogen-bond acceptors (Lipinski definition) is 6. The molecule has 24 heavy (non-hydrogen) atoms. The highest BCUT2D eigenvalue weighted by Gasteiger charge is 2.08. The third kappa shape index (κ3) is 2.50. The minimum atomic E-state index is -0.0326. The molecule has 0 bridgehead atoms. The van der Waals surface area contributed by atoms with Gasteiger partial charge in [-0.25, -0.2) is 5.43 Å². The van der Waals surface area contributed by atoms with Gasteiger partial charge in [-0.15, -0.1) is 10.2 Å². The number of H-pyrrole nitrogens is 1. The van der Waals surface area contributed by atoms with E-state index in [0.29, 0.717) is 16.7 Å². The van der Waals surface area contributed by atoms with Crippen molar-refractivity contribution < 1.29 is 5.11 Å². The molecule has 2 heterocycles. The summed E-state index contributed by atoms with van der Waals surface area (Å²) in [6.07, 6.45) is 1.43. The Morgan fingerprint density at radius 2 is 2.00 bits per heavy atom. The molecule has 0 radical (unpaired) electrons. The predicted molar refractivity (Wildman–Crippen MR) is 93.5 cm³/mol. The van der Waals surface area contributed by atoms with Crippen molar-refractivity contribution in [3.63, 3.8) is 0 Å². The molecule has 3 N–H and O–H groups in total. The molecule has 0 aliphatic rings. The molecule has 0 aliphatic carbocycles. The number of hydrogen-bond donors (Lipinski definition) is 3. The Morgan fingerprint density at radius 3 is 2.92 bits per heavy atom. The summed E-state index contributed by atoms with van der Waals surface area (Å²) >= 11 is 5.84. The molecule has 0 saturated heterocycles. The van der Waals surface area contributed by atoms with Gasteiger partial charge in [0.25, 0.3) is 5.95 Å². The quantitative estimate of drug-likeness (QED) is 0.393. The van der Waals surface area contributed by atoms with E-state index >= 15 is 0 Å². The average Bonchev–Trinajstić information content (AvgIpc) is 2.96. The molecule has 0 amide bonds. The number of nitrogens with zero attached hydrogens (tertiary/aromatic N) is 4. The van der Waals surface area contributed by atoms with Crippen LogP contribution in [0.4, 0.5) is 5.95 Å². The van der Waals surface area contributed by atoms with Crippen molar-refractivity contribution in [2.75, 3.05) is 5.43 Å². The molecule has 118 valence electrons. The number of para-hydroxylation sites is 2. The summed E-state index contributed by atoms with van der Waals surface area (Å²) < 4.78 is 0. The number of benzene rings is 2. The Labute approximate surface area is 141 Å². The maximum absolute atomic E-state index is 9.82. The number of fused-ring (bicyclic) bond motifs is 3. The van der Waals surface area contributed by atoms with Crippen LogP contribution in [0, 0.1) is 0 Å². The van der Waals surface area contributed by atoms with E-state index in [0.717, 1.165) is 10.9 Å². The fourth-order valence-corrected chi connectivity index (χ4v) is 2.55. The highest BCUT2D eigenvalue weighted by molar-refractivity contribution is 6.32. The van der Waals surface area contributed by atoms with Crippen LogP contribution < -0.4 is 5.43 Å². The first-order chi connectivity index (χ1) is 11.7. The van der Waals surface area contributed by atoms with Gasteiger partial charge < -0.3 is 10.1 Å². The van der Waals surface area contributed by atoms with E-state index in [2.05, 4.69) is 30.7 Å². The standard InChI is InChI=1S/C16H11ClN6O/c17-11-6-3-4-9(14(11)24)8-18-22-16-20-15-13(21-23-16)10-5-1-2-7-12(10)19-15/h1-8,24H,(H2,19,20,22,23)/b18-8+. The molecule has 2 aromatic carbocycles. The molecule has 7 nitrogen and oxygen atoms in total. The van der Waals surface area contributed by atoms with E-state index in [1.807, 2.05) is 24.3 Å². The van der Waals surface area contributed by atoms with E-state index in [9.17, 15) is 5.11 Å². The highest BCUT2D eigenvalue weighted by atomic mass is 35.5. The van der Waals surface area contributed by atoms with Crippen molar-refractivity contribution in [3.05, 3.63) is 53.1 Å². The minimum absolute atomic E-state index is 0.0326. The van der Waals surface area contributed by atoms with E-state index in [1.54, 1.807) is 18.2 Å². The Kier molecular flexibility index (Phi) is 3.47. The van der Waals surface area contributed by atoms with Gasteiger partial charge in [0.05, 0.1) is 11.2 Å². The van der Waals surface area contributed by atoms with Crippen molar-refractivity contribution in [2.24, 2.45) is 5.10 Å². The van der Waals surface area contributed by atoms with Gasteiger partial charge in [0.2, 0.25) is 0 Å². The number of aromatic hydroxyl groups is 1. The molecular formula is C16H11ClN6O. The number of phenolic OH excluding ortho intramolecular Hbond substituents is 1. The van der Waals surface area contributed by atoms with Crippen LogP contribution in [0.15, 0.2) is 47.6 Å². The second kappa shape index (κ2) is 5.78. The summed E-state index contributed by atoms with van der Waals surface area (Å²) in [5.41, 5.74) is 5.43. The Balaban J connectivity index is 1.61. The van der Waals surface area contributed by atoms with Crippen molar-refractivity contribution >= 4 is 45.8 Å². The van der Waals surface area contributed by atoms with Crippen LogP contribution in [0.3, 0.4) is 0 Å². The third-order valence-corrected chi connectivity index (χ3v) is 3.81. The van der Waals surface area contributed by atoms with Crippen molar-refractivity contribution in [3.8, 4) is 5.75 Å².